The summed E-state index contributed by atoms with van der Waals surface area (Å²) < 4.78 is 0. The molecule has 0 aromatic rings. The van der Waals surface area contributed by atoms with Crippen LogP contribution in [0.1, 0.15) is 6.92 Å². The summed E-state index contributed by atoms with van der Waals surface area (Å²) >= 11 is 0. The zero-order valence-electron chi connectivity index (χ0n) is 6.13. The number of primary amides is 1. The van der Waals surface area contributed by atoms with Crippen LogP contribution in [0.2, 0.25) is 0 Å². The van der Waals surface area contributed by atoms with E-state index in [1.165, 1.54) is 6.92 Å². The number of rotatable bonds is 3. The van der Waals surface area contributed by atoms with E-state index in [9.17, 15) is 9.59 Å². The van der Waals surface area contributed by atoms with E-state index in [1.807, 2.05) is 0 Å². The first-order valence-electron chi connectivity index (χ1n) is 2.85. The smallest absolute Gasteiger partial charge is 0.331 e. The van der Waals surface area contributed by atoms with Crippen LogP contribution in [0.4, 0.5) is 0 Å². The van der Waals surface area contributed by atoms with Crippen molar-refractivity contribution in [1.82, 2.24) is 0 Å². The van der Waals surface area contributed by atoms with Crippen molar-refractivity contribution in [2.24, 2.45) is 5.73 Å². The highest BCUT2D eigenvalue weighted by molar-refractivity contribution is 5.97. The topological polar surface area (TPSA) is 80.4 Å². The Morgan fingerprint density at radius 3 is 2.27 bits per heavy atom. The summed E-state index contributed by atoms with van der Waals surface area (Å²) in [6.07, 6.45) is 1.13. The Morgan fingerprint density at radius 1 is 1.55 bits per heavy atom. The van der Waals surface area contributed by atoms with Gasteiger partial charge in [-0.05, 0) is 13.0 Å². The molecule has 4 heteroatoms. The van der Waals surface area contributed by atoms with Gasteiger partial charge in [0.05, 0.1) is 0 Å². The Balaban J connectivity index is 4.44. The van der Waals surface area contributed by atoms with Crippen LogP contribution in [-0.2, 0) is 9.59 Å². The lowest BCUT2D eigenvalue weighted by Crippen LogP contribution is -2.12. The Bertz CT molecular complexity index is 240. The molecule has 3 N–H and O–H groups in total. The third-order valence-electron chi connectivity index (χ3n) is 1.04. The average Bonchev–Trinajstić information content (AvgIpc) is 1.87. The molecular formula is C7H9NO3. The molecule has 4 nitrogen and oxygen atoms in total. The number of carbonyl (C=O) groups excluding carboxylic acids is 1. The third-order valence-corrected chi connectivity index (χ3v) is 1.04. The second-order valence-electron chi connectivity index (χ2n) is 2.02. The Morgan fingerprint density at radius 2 is 2.00 bits per heavy atom. The molecule has 0 aliphatic rings. The Labute approximate surface area is 64.0 Å². The van der Waals surface area contributed by atoms with E-state index in [2.05, 4.69) is 6.58 Å². The molecule has 0 radical (unpaired) electrons. The number of carboxylic acids is 1. The van der Waals surface area contributed by atoms with Crippen LogP contribution in [0.25, 0.3) is 0 Å². The molecule has 0 atom stereocenters. The van der Waals surface area contributed by atoms with E-state index in [1.54, 1.807) is 0 Å². The van der Waals surface area contributed by atoms with E-state index >= 15 is 0 Å². The lowest BCUT2D eigenvalue weighted by atomic mass is 10.2. The minimum absolute atomic E-state index is 0.00935. The second kappa shape index (κ2) is 3.55. The minimum atomic E-state index is -1.09. The van der Waals surface area contributed by atoms with Crippen molar-refractivity contribution in [3.8, 4) is 0 Å². The van der Waals surface area contributed by atoms with Gasteiger partial charge in [0.25, 0.3) is 0 Å². The quantitative estimate of drug-likeness (QED) is 0.446. The highest BCUT2D eigenvalue weighted by Gasteiger charge is 2.02. The fraction of sp³-hybridized carbons (Fsp3) is 0.143. The second-order valence-corrected chi connectivity index (χ2v) is 2.02. The fourth-order valence-electron chi connectivity index (χ4n) is 0.394. The van der Waals surface area contributed by atoms with Crippen molar-refractivity contribution in [1.29, 1.82) is 0 Å². The zero-order valence-corrected chi connectivity index (χ0v) is 6.13. The van der Waals surface area contributed by atoms with Crippen molar-refractivity contribution in [2.75, 3.05) is 0 Å². The Hall–Kier alpha value is -1.58. The van der Waals surface area contributed by atoms with Gasteiger partial charge in [0, 0.05) is 11.1 Å². The SMILES string of the molecule is C=C(C=C(C)C(=O)O)C(N)=O. The molecule has 0 saturated heterocycles. The van der Waals surface area contributed by atoms with Gasteiger partial charge < -0.3 is 10.8 Å². The van der Waals surface area contributed by atoms with Crippen LogP contribution in [0.5, 0.6) is 0 Å². The molecule has 0 unspecified atom stereocenters. The predicted octanol–water partition coefficient (Wildman–Crippen LogP) is 0.0588. The molecule has 0 spiro atoms. The van der Waals surface area contributed by atoms with Crippen molar-refractivity contribution in [3.63, 3.8) is 0 Å². The Kier molecular flexibility index (Phi) is 3.04. The number of nitrogens with two attached hydrogens (primary N) is 1. The van der Waals surface area contributed by atoms with Crippen LogP contribution >= 0.6 is 0 Å². The van der Waals surface area contributed by atoms with Crippen molar-refractivity contribution < 1.29 is 14.7 Å². The lowest BCUT2D eigenvalue weighted by Gasteiger charge is -1.93. The van der Waals surface area contributed by atoms with E-state index in [0.717, 1.165) is 6.08 Å². The normalized spacial score (nSPS) is 10.8. The maximum atomic E-state index is 10.3. The van der Waals surface area contributed by atoms with Crippen molar-refractivity contribution >= 4 is 11.9 Å². The maximum Gasteiger partial charge on any atom is 0.331 e. The first-order valence-corrected chi connectivity index (χ1v) is 2.85. The first kappa shape index (κ1) is 9.42. The summed E-state index contributed by atoms with van der Waals surface area (Å²) in [6, 6.07) is 0. The number of carboxylic acid groups (broad SMARTS) is 1. The maximum absolute atomic E-state index is 10.3. The van der Waals surface area contributed by atoms with Crippen LogP contribution in [0.3, 0.4) is 0 Å². The van der Waals surface area contributed by atoms with Gasteiger partial charge >= 0.3 is 5.97 Å². The summed E-state index contributed by atoms with van der Waals surface area (Å²) in [4.78, 5) is 20.5. The standard InChI is InChI=1S/C7H9NO3/c1-4(6(8)9)3-5(2)7(10)11/h3H,1H2,2H3,(H2,8,9)(H,10,11). The van der Waals surface area contributed by atoms with Crippen LogP contribution in [0.15, 0.2) is 23.8 Å². The highest BCUT2D eigenvalue weighted by Crippen LogP contribution is 1.98. The zero-order chi connectivity index (χ0) is 9.02. The highest BCUT2D eigenvalue weighted by atomic mass is 16.4. The van der Waals surface area contributed by atoms with E-state index in [4.69, 9.17) is 10.8 Å². The van der Waals surface area contributed by atoms with Crippen LogP contribution in [-0.4, -0.2) is 17.0 Å². The van der Waals surface area contributed by atoms with Crippen LogP contribution < -0.4 is 5.73 Å². The molecular weight excluding hydrogens is 146 g/mol. The largest absolute Gasteiger partial charge is 0.478 e. The van der Waals surface area contributed by atoms with Gasteiger partial charge in [-0.3, -0.25) is 4.79 Å². The summed E-state index contributed by atoms with van der Waals surface area (Å²) in [5, 5.41) is 8.35. The number of aliphatic carboxylic acids is 1. The van der Waals surface area contributed by atoms with Gasteiger partial charge in [-0.2, -0.15) is 0 Å². The lowest BCUT2D eigenvalue weighted by molar-refractivity contribution is -0.132. The molecule has 0 fully saturated rings. The minimum Gasteiger partial charge on any atom is -0.478 e. The molecule has 0 aliphatic heterocycles. The molecule has 0 aromatic carbocycles. The molecule has 1 amide bonds. The van der Waals surface area contributed by atoms with Gasteiger partial charge in [0.1, 0.15) is 0 Å². The van der Waals surface area contributed by atoms with E-state index < -0.39 is 11.9 Å². The summed E-state index contributed by atoms with van der Waals surface area (Å²) in [6.45, 7) is 4.62. The molecule has 0 aromatic heterocycles. The number of hydrogen-bond acceptors (Lipinski definition) is 2. The summed E-state index contributed by atoms with van der Waals surface area (Å²) in [5.74, 6) is -1.81. The molecule has 0 saturated carbocycles. The number of carbonyl (C=O) groups is 2. The molecule has 0 heterocycles. The predicted molar refractivity (Wildman–Crippen MR) is 39.7 cm³/mol. The molecule has 11 heavy (non-hydrogen) atoms. The van der Waals surface area contributed by atoms with Gasteiger partial charge in [-0.25, -0.2) is 4.79 Å². The van der Waals surface area contributed by atoms with Crippen LogP contribution in [0, 0.1) is 0 Å². The monoisotopic (exact) mass is 155 g/mol. The molecule has 0 bridgehead atoms. The van der Waals surface area contributed by atoms with E-state index in [-0.39, 0.29) is 11.1 Å². The van der Waals surface area contributed by atoms with Crippen molar-refractivity contribution in [2.45, 2.75) is 6.92 Å². The molecule has 0 aliphatic carbocycles. The molecule has 60 valence electrons. The summed E-state index contributed by atoms with van der Waals surface area (Å²) in [7, 11) is 0. The molecule has 0 rings (SSSR count). The number of amides is 1. The van der Waals surface area contributed by atoms with Gasteiger partial charge in [0.2, 0.25) is 5.91 Å². The first-order chi connectivity index (χ1) is 4.95. The van der Waals surface area contributed by atoms with Gasteiger partial charge in [-0.15, -0.1) is 0 Å². The van der Waals surface area contributed by atoms with Gasteiger partial charge in [-0.1, -0.05) is 6.58 Å². The average molecular weight is 155 g/mol. The van der Waals surface area contributed by atoms with Gasteiger partial charge in [0.15, 0.2) is 0 Å². The number of hydrogen-bond donors (Lipinski definition) is 2. The third kappa shape index (κ3) is 3.20. The fourth-order valence-corrected chi connectivity index (χ4v) is 0.394. The summed E-state index contributed by atoms with van der Waals surface area (Å²) in [5.41, 5.74) is 4.83. The van der Waals surface area contributed by atoms with E-state index in [0.29, 0.717) is 0 Å². The van der Waals surface area contributed by atoms with Crippen molar-refractivity contribution in [3.05, 3.63) is 23.8 Å².